The van der Waals surface area contributed by atoms with Crippen LogP contribution in [-0.4, -0.2) is 54.8 Å². The standard InChI is InChI=1S/C18H22N2O3S/c1-22-8-9-23-17-4-7-20(18(21)15-5-10-24-13-15)16(17)11-14-3-2-6-19-12-14/h2-3,5-6,10,12-13,16-17H,4,7-9,11H2,1H3/t16-,17-/m1/s1. The van der Waals surface area contributed by atoms with Crippen molar-refractivity contribution < 1.29 is 14.3 Å². The average Bonchev–Trinajstić information content (AvgIpc) is 3.26. The molecule has 0 bridgehead atoms. The van der Waals surface area contributed by atoms with E-state index < -0.39 is 0 Å². The highest BCUT2D eigenvalue weighted by Gasteiger charge is 2.38. The van der Waals surface area contributed by atoms with Crippen LogP contribution in [0.3, 0.4) is 0 Å². The van der Waals surface area contributed by atoms with Crippen molar-refractivity contribution in [3.05, 3.63) is 52.5 Å². The van der Waals surface area contributed by atoms with Gasteiger partial charge in [0, 0.05) is 31.4 Å². The number of hydrogen-bond donors (Lipinski definition) is 0. The molecule has 128 valence electrons. The average molecular weight is 346 g/mol. The minimum Gasteiger partial charge on any atom is -0.382 e. The van der Waals surface area contributed by atoms with Gasteiger partial charge in [-0.05, 0) is 35.9 Å². The molecule has 0 aromatic carbocycles. The molecule has 0 aliphatic carbocycles. The summed E-state index contributed by atoms with van der Waals surface area (Å²) >= 11 is 1.54. The van der Waals surface area contributed by atoms with Gasteiger partial charge in [0.25, 0.3) is 5.91 Å². The zero-order valence-corrected chi connectivity index (χ0v) is 14.6. The van der Waals surface area contributed by atoms with Gasteiger partial charge in [0.05, 0.1) is 30.9 Å². The summed E-state index contributed by atoms with van der Waals surface area (Å²) in [6, 6.07) is 5.88. The number of carbonyl (C=O) groups excluding carboxylic acids is 1. The maximum absolute atomic E-state index is 12.8. The van der Waals surface area contributed by atoms with Crippen LogP contribution < -0.4 is 0 Å². The third-order valence-corrected chi connectivity index (χ3v) is 4.98. The summed E-state index contributed by atoms with van der Waals surface area (Å²) in [4.78, 5) is 19.0. The van der Waals surface area contributed by atoms with Crippen molar-refractivity contribution >= 4 is 17.2 Å². The topological polar surface area (TPSA) is 51.7 Å². The summed E-state index contributed by atoms with van der Waals surface area (Å²) in [5.74, 6) is 0.0861. The summed E-state index contributed by atoms with van der Waals surface area (Å²) in [6.07, 6.45) is 5.26. The first kappa shape index (κ1) is 17.1. The lowest BCUT2D eigenvalue weighted by Crippen LogP contribution is -2.42. The number of rotatable bonds is 7. The SMILES string of the molecule is COCCO[C@@H]1CCN(C(=O)c2ccsc2)[C@@H]1Cc1cccnc1. The van der Waals surface area contributed by atoms with Crippen molar-refractivity contribution in [2.75, 3.05) is 26.9 Å². The summed E-state index contributed by atoms with van der Waals surface area (Å²) < 4.78 is 11.1. The molecule has 0 spiro atoms. The number of nitrogens with zero attached hydrogens (tertiary/aromatic N) is 2. The van der Waals surface area contributed by atoms with Crippen LogP contribution in [0.2, 0.25) is 0 Å². The lowest BCUT2D eigenvalue weighted by molar-refractivity contribution is 0.000490. The monoisotopic (exact) mass is 346 g/mol. The zero-order chi connectivity index (χ0) is 16.8. The lowest BCUT2D eigenvalue weighted by Gasteiger charge is -2.28. The van der Waals surface area contributed by atoms with E-state index in [1.807, 2.05) is 40.1 Å². The van der Waals surface area contributed by atoms with Gasteiger partial charge in [-0.1, -0.05) is 6.07 Å². The van der Waals surface area contributed by atoms with E-state index in [0.717, 1.165) is 30.5 Å². The molecule has 1 amide bonds. The van der Waals surface area contributed by atoms with Crippen LogP contribution in [0.4, 0.5) is 0 Å². The third-order valence-electron chi connectivity index (χ3n) is 4.30. The second kappa shape index (κ2) is 8.37. The molecule has 0 unspecified atom stereocenters. The molecule has 3 heterocycles. The Labute approximate surface area is 146 Å². The Bertz CT molecular complexity index is 633. The predicted octanol–water partition coefficient (Wildman–Crippen LogP) is 2.63. The highest BCUT2D eigenvalue weighted by Crippen LogP contribution is 2.26. The van der Waals surface area contributed by atoms with Gasteiger partial charge in [-0.25, -0.2) is 0 Å². The molecule has 2 aromatic heterocycles. The van der Waals surface area contributed by atoms with Crippen LogP contribution in [0, 0.1) is 0 Å². The largest absolute Gasteiger partial charge is 0.382 e. The first-order chi connectivity index (χ1) is 11.8. The Hall–Kier alpha value is -1.76. The number of hydrogen-bond acceptors (Lipinski definition) is 5. The van der Waals surface area contributed by atoms with Gasteiger partial charge in [-0.15, -0.1) is 0 Å². The predicted molar refractivity (Wildman–Crippen MR) is 93.3 cm³/mol. The molecule has 1 aliphatic heterocycles. The number of carbonyl (C=O) groups is 1. The Morgan fingerprint density at radius 3 is 3.04 bits per heavy atom. The second-order valence-electron chi connectivity index (χ2n) is 5.83. The Balaban J connectivity index is 1.75. The fourth-order valence-corrected chi connectivity index (χ4v) is 3.74. The number of ether oxygens (including phenoxy) is 2. The highest BCUT2D eigenvalue weighted by atomic mass is 32.1. The maximum Gasteiger partial charge on any atom is 0.255 e. The van der Waals surface area contributed by atoms with Crippen LogP contribution >= 0.6 is 11.3 Å². The fourth-order valence-electron chi connectivity index (χ4n) is 3.11. The van der Waals surface area contributed by atoms with Crippen molar-refractivity contribution in [3.8, 4) is 0 Å². The van der Waals surface area contributed by atoms with Crippen molar-refractivity contribution in [2.24, 2.45) is 0 Å². The van der Waals surface area contributed by atoms with E-state index in [0.29, 0.717) is 13.2 Å². The molecule has 2 aromatic rings. The van der Waals surface area contributed by atoms with E-state index in [1.165, 1.54) is 0 Å². The molecule has 2 atom stereocenters. The summed E-state index contributed by atoms with van der Waals surface area (Å²) in [7, 11) is 1.66. The van der Waals surface area contributed by atoms with Crippen molar-refractivity contribution in [1.82, 2.24) is 9.88 Å². The Kier molecular flexibility index (Phi) is 5.96. The summed E-state index contributed by atoms with van der Waals surface area (Å²) in [5.41, 5.74) is 1.88. The van der Waals surface area contributed by atoms with Crippen molar-refractivity contribution in [3.63, 3.8) is 0 Å². The van der Waals surface area contributed by atoms with E-state index in [2.05, 4.69) is 4.98 Å². The third kappa shape index (κ3) is 4.01. The maximum atomic E-state index is 12.8. The number of aromatic nitrogens is 1. The van der Waals surface area contributed by atoms with Gasteiger partial charge in [0.15, 0.2) is 0 Å². The molecule has 0 saturated carbocycles. The zero-order valence-electron chi connectivity index (χ0n) is 13.8. The van der Waals surface area contributed by atoms with Gasteiger partial charge in [-0.2, -0.15) is 11.3 Å². The Morgan fingerprint density at radius 2 is 2.33 bits per heavy atom. The first-order valence-corrected chi connectivity index (χ1v) is 9.06. The minimum absolute atomic E-state index is 0.0263. The van der Waals surface area contributed by atoms with E-state index in [-0.39, 0.29) is 18.1 Å². The van der Waals surface area contributed by atoms with Gasteiger partial charge >= 0.3 is 0 Å². The first-order valence-electron chi connectivity index (χ1n) is 8.12. The van der Waals surface area contributed by atoms with Gasteiger partial charge < -0.3 is 14.4 Å². The molecular weight excluding hydrogens is 324 g/mol. The summed E-state index contributed by atoms with van der Waals surface area (Å²) in [6.45, 7) is 1.83. The van der Waals surface area contributed by atoms with Crippen LogP contribution in [0.15, 0.2) is 41.4 Å². The minimum atomic E-state index is 0.0263. The number of amides is 1. The van der Waals surface area contributed by atoms with Crippen LogP contribution in [0.1, 0.15) is 22.3 Å². The van der Waals surface area contributed by atoms with E-state index in [9.17, 15) is 4.79 Å². The van der Waals surface area contributed by atoms with Crippen LogP contribution in [0.5, 0.6) is 0 Å². The fraction of sp³-hybridized carbons (Fsp3) is 0.444. The molecule has 1 fully saturated rings. The quantitative estimate of drug-likeness (QED) is 0.723. The molecule has 24 heavy (non-hydrogen) atoms. The Morgan fingerprint density at radius 1 is 1.42 bits per heavy atom. The van der Waals surface area contributed by atoms with Crippen molar-refractivity contribution in [2.45, 2.75) is 25.0 Å². The number of thiophene rings is 1. The molecule has 1 aliphatic rings. The molecule has 1 saturated heterocycles. The van der Waals surface area contributed by atoms with Gasteiger partial charge in [-0.3, -0.25) is 9.78 Å². The van der Waals surface area contributed by atoms with Crippen LogP contribution in [0.25, 0.3) is 0 Å². The smallest absolute Gasteiger partial charge is 0.255 e. The van der Waals surface area contributed by atoms with E-state index >= 15 is 0 Å². The van der Waals surface area contributed by atoms with E-state index in [4.69, 9.17) is 9.47 Å². The molecule has 0 radical (unpaired) electrons. The molecule has 0 N–H and O–H groups in total. The van der Waals surface area contributed by atoms with Crippen molar-refractivity contribution in [1.29, 1.82) is 0 Å². The molecule has 6 heteroatoms. The number of likely N-dealkylation sites (tertiary alicyclic amines) is 1. The summed E-state index contributed by atoms with van der Waals surface area (Å²) in [5, 5.41) is 3.84. The molecular formula is C18H22N2O3S. The van der Waals surface area contributed by atoms with E-state index in [1.54, 1.807) is 24.6 Å². The van der Waals surface area contributed by atoms with Crippen LogP contribution in [-0.2, 0) is 15.9 Å². The second-order valence-corrected chi connectivity index (χ2v) is 6.61. The number of pyridine rings is 1. The van der Waals surface area contributed by atoms with Gasteiger partial charge in [0.1, 0.15) is 0 Å². The lowest BCUT2D eigenvalue weighted by atomic mass is 10.0. The highest BCUT2D eigenvalue weighted by molar-refractivity contribution is 7.08. The van der Waals surface area contributed by atoms with Gasteiger partial charge in [0.2, 0.25) is 0 Å². The normalized spacial score (nSPS) is 20.5. The number of methoxy groups -OCH3 is 1. The molecule has 3 rings (SSSR count). The molecule has 5 nitrogen and oxygen atoms in total.